The Morgan fingerprint density at radius 3 is 2.09 bits per heavy atom. The summed E-state index contributed by atoms with van der Waals surface area (Å²) in [6.07, 6.45) is 0. The summed E-state index contributed by atoms with van der Waals surface area (Å²) in [5.41, 5.74) is -0.696. The van der Waals surface area contributed by atoms with Gasteiger partial charge < -0.3 is 9.84 Å². The molecule has 2 aromatic rings. The molecule has 0 unspecified atom stereocenters. The molecule has 0 spiro atoms. The van der Waals surface area contributed by atoms with Crippen molar-refractivity contribution in [2.45, 2.75) is 0 Å². The summed E-state index contributed by atoms with van der Waals surface area (Å²) >= 11 is 10.7. The van der Waals surface area contributed by atoms with E-state index in [1.807, 2.05) is 0 Å². The predicted octanol–water partition coefficient (Wildman–Crippen LogP) is 3.85. The molecule has 0 radical (unpaired) electrons. The maximum atomic E-state index is 11.3. The first-order valence-corrected chi connectivity index (χ1v) is 6.74. The number of hydrogen-bond donors (Lipinski definition) is 1. The van der Waals surface area contributed by atoms with E-state index in [4.69, 9.17) is 27.9 Å². The number of phenols is 1. The van der Waals surface area contributed by atoms with E-state index in [-0.39, 0.29) is 22.6 Å². The van der Waals surface area contributed by atoms with Gasteiger partial charge in [0, 0.05) is 23.3 Å². The number of rotatable bonds is 5. The first kappa shape index (κ1) is 16.7. The molecule has 0 aliphatic heterocycles. The first-order chi connectivity index (χ1) is 10.8. The van der Waals surface area contributed by atoms with Crippen LogP contribution in [0.2, 0.25) is 0 Å². The van der Waals surface area contributed by atoms with Crippen LogP contribution in [-0.2, 0) is 0 Å². The monoisotopic (exact) mass is 355 g/mol. The van der Waals surface area contributed by atoms with E-state index < -0.39 is 26.8 Å². The van der Waals surface area contributed by atoms with Gasteiger partial charge in [-0.15, -0.1) is 0 Å². The van der Waals surface area contributed by atoms with Crippen molar-refractivity contribution in [3.05, 3.63) is 57.6 Å². The lowest BCUT2D eigenvalue weighted by molar-refractivity contribution is -0.385. The minimum atomic E-state index is -0.897. The van der Waals surface area contributed by atoms with E-state index in [0.717, 1.165) is 12.1 Å². The lowest BCUT2D eigenvalue weighted by Crippen LogP contribution is -2.01. The van der Waals surface area contributed by atoms with Crippen LogP contribution in [-0.4, -0.2) is 20.5 Å². The maximum absolute atomic E-state index is 11.3. The lowest BCUT2D eigenvalue weighted by Gasteiger charge is -2.08. The number of ether oxygens (including phenoxy) is 1. The summed E-state index contributed by atoms with van der Waals surface area (Å²) in [5.74, 6) is -0.358. The number of nitro groups is 1. The molecule has 0 bridgehead atoms. The van der Waals surface area contributed by atoms with Gasteiger partial charge in [0.15, 0.2) is 5.75 Å². The highest BCUT2D eigenvalue weighted by molar-refractivity contribution is 6.72. The Balaban J connectivity index is 2.35. The van der Waals surface area contributed by atoms with Gasteiger partial charge in [0.05, 0.1) is 4.92 Å². The number of nitro benzene ring substituents is 1. The topological polar surface area (TPSA) is 107 Å². The quantitative estimate of drug-likeness (QED) is 0.495. The van der Waals surface area contributed by atoms with Crippen LogP contribution in [0.25, 0.3) is 0 Å². The number of carbonyl (C=O) groups excluding carboxylic acids is 2. The van der Waals surface area contributed by atoms with Gasteiger partial charge in [0.2, 0.25) is 0 Å². The number of benzene rings is 2. The Morgan fingerprint density at radius 1 is 1.00 bits per heavy atom. The van der Waals surface area contributed by atoms with E-state index in [0.29, 0.717) is 0 Å². The van der Waals surface area contributed by atoms with E-state index in [9.17, 15) is 24.8 Å². The summed E-state index contributed by atoms with van der Waals surface area (Å²) in [5, 5.41) is 18.4. The number of nitrogens with zero attached hydrogens (tertiary/aromatic N) is 1. The van der Waals surface area contributed by atoms with Gasteiger partial charge in [0.1, 0.15) is 11.5 Å². The van der Waals surface area contributed by atoms with Gasteiger partial charge in [-0.1, -0.05) is 0 Å². The predicted molar refractivity (Wildman–Crippen MR) is 81.6 cm³/mol. The first-order valence-electron chi connectivity index (χ1n) is 5.98. The molecule has 0 atom stereocenters. The number of halogens is 2. The molecule has 0 aliphatic carbocycles. The standard InChI is InChI=1S/C14H7Cl2NO6/c15-13(19)9-3-1-7(5-10(9)14(16)20)23-8-2-4-11(17(21)22)12(18)6-8/h1-6,18H. The van der Waals surface area contributed by atoms with Crippen LogP contribution < -0.4 is 4.74 Å². The third-order valence-corrected chi connectivity index (χ3v) is 3.20. The molecular weight excluding hydrogens is 349 g/mol. The largest absolute Gasteiger partial charge is 0.502 e. The van der Waals surface area contributed by atoms with Gasteiger partial charge in [-0.05, 0) is 47.5 Å². The molecule has 0 heterocycles. The molecular formula is C14H7Cl2NO6. The van der Waals surface area contributed by atoms with Crippen molar-refractivity contribution in [2.24, 2.45) is 0 Å². The van der Waals surface area contributed by atoms with Gasteiger partial charge in [-0.2, -0.15) is 0 Å². The van der Waals surface area contributed by atoms with E-state index in [1.54, 1.807) is 0 Å². The van der Waals surface area contributed by atoms with Crippen LogP contribution in [0.5, 0.6) is 17.2 Å². The van der Waals surface area contributed by atoms with Crippen molar-refractivity contribution in [1.82, 2.24) is 0 Å². The second-order valence-electron chi connectivity index (χ2n) is 4.26. The fourth-order valence-corrected chi connectivity index (χ4v) is 2.10. The number of aromatic hydroxyl groups is 1. The van der Waals surface area contributed by atoms with Gasteiger partial charge in [-0.3, -0.25) is 19.7 Å². The molecule has 23 heavy (non-hydrogen) atoms. The number of hydrogen-bond acceptors (Lipinski definition) is 6. The highest BCUT2D eigenvalue weighted by Crippen LogP contribution is 2.33. The van der Waals surface area contributed by atoms with Crippen LogP contribution in [0.4, 0.5) is 5.69 Å². The molecule has 118 valence electrons. The Hall–Kier alpha value is -2.64. The molecule has 0 aliphatic rings. The van der Waals surface area contributed by atoms with E-state index in [2.05, 4.69) is 0 Å². The Labute approximate surface area is 139 Å². The molecule has 7 nitrogen and oxygen atoms in total. The third kappa shape index (κ3) is 3.77. The van der Waals surface area contributed by atoms with Crippen molar-refractivity contribution in [3.63, 3.8) is 0 Å². The zero-order chi connectivity index (χ0) is 17.1. The van der Waals surface area contributed by atoms with Crippen LogP contribution in [0.3, 0.4) is 0 Å². The summed E-state index contributed by atoms with van der Waals surface area (Å²) in [6, 6.07) is 7.18. The van der Waals surface area contributed by atoms with Crippen molar-refractivity contribution >= 4 is 39.4 Å². The normalized spacial score (nSPS) is 10.2. The SMILES string of the molecule is O=C(Cl)c1ccc(Oc2ccc([N+](=O)[O-])c(O)c2)cc1C(=O)Cl. The molecule has 0 fully saturated rings. The minimum absolute atomic E-state index is 0.0782. The highest BCUT2D eigenvalue weighted by atomic mass is 35.5. The summed E-state index contributed by atoms with van der Waals surface area (Å²) in [7, 11) is 0. The van der Waals surface area contributed by atoms with Crippen LogP contribution >= 0.6 is 23.2 Å². The second-order valence-corrected chi connectivity index (χ2v) is 4.95. The summed E-state index contributed by atoms with van der Waals surface area (Å²) in [4.78, 5) is 32.4. The number of carbonyl (C=O) groups is 2. The average Bonchev–Trinajstić information content (AvgIpc) is 2.46. The van der Waals surface area contributed by atoms with Crippen molar-refractivity contribution in [2.75, 3.05) is 0 Å². The fourth-order valence-electron chi connectivity index (χ4n) is 1.78. The molecule has 0 saturated heterocycles. The molecule has 0 saturated carbocycles. The Kier molecular flexibility index (Phi) is 4.83. The van der Waals surface area contributed by atoms with Crippen molar-refractivity contribution < 1.29 is 24.4 Å². The smallest absolute Gasteiger partial charge is 0.310 e. The second kappa shape index (κ2) is 6.64. The molecule has 1 N–H and O–H groups in total. The van der Waals surface area contributed by atoms with Crippen LogP contribution in [0.1, 0.15) is 20.7 Å². The molecule has 9 heteroatoms. The van der Waals surface area contributed by atoms with Gasteiger partial charge >= 0.3 is 5.69 Å². The summed E-state index contributed by atoms with van der Waals surface area (Å²) < 4.78 is 5.37. The van der Waals surface area contributed by atoms with E-state index in [1.165, 1.54) is 24.3 Å². The molecule has 0 amide bonds. The highest BCUT2D eigenvalue weighted by Gasteiger charge is 2.17. The van der Waals surface area contributed by atoms with Crippen LogP contribution in [0.15, 0.2) is 36.4 Å². The Morgan fingerprint density at radius 2 is 1.57 bits per heavy atom. The summed E-state index contributed by atoms with van der Waals surface area (Å²) in [6.45, 7) is 0. The van der Waals surface area contributed by atoms with Crippen LogP contribution in [0, 0.1) is 10.1 Å². The fraction of sp³-hybridized carbons (Fsp3) is 0. The lowest BCUT2D eigenvalue weighted by atomic mass is 10.1. The third-order valence-electron chi connectivity index (χ3n) is 2.79. The number of phenolic OH excluding ortho intramolecular Hbond substituents is 1. The zero-order valence-electron chi connectivity index (χ0n) is 11.2. The minimum Gasteiger partial charge on any atom is -0.502 e. The Bertz CT molecular complexity index is 821. The van der Waals surface area contributed by atoms with Gasteiger partial charge in [-0.25, -0.2) is 0 Å². The maximum Gasteiger partial charge on any atom is 0.310 e. The van der Waals surface area contributed by atoms with Crippen molar-refractivity contribution in [1.29, 1.82) is 0 Å². The van der Waals surface area contributed by atoms with Crippen molar-refractivity contribution in [3.8, 4) is 17.2 Å². The van der Waals surface area contributed by atoms with Gasteiger partial charge in [0.25, 0.3) is 10.5 Å². The molecule has 2 rings (SSSR count). The zero-order valence-corrected chi connectivity index (χ0v) is 12.7. The molecule has 2 aromatic carbocycles. The van der Waals surface area contributed by atoms with E-state index >= 15 is 0 Å². The molecule has 0 aromatic heterocycles. The average molecular weight is 356 g/mol.